The van der Waals surface area contributed by atoms with Gasteiger partial charge in [-0.1, -0.05) is 24.3 Å². The number of carbonyl (C=O) groups is 2. The molecule has 1 N–H and O–H groups in total. The van der Waals surface area contributed by atoms with Crippen molar-refractivity contribution in [2.75, 3.05) is 0 Å². The van der Waals surface area contributed by atoms with Gasteiger partial charge in [-0.25, -0.2) is 9.18 Å². The predicted molar refractivity (Wildman–Crippen MR) is 91.1 cm³/mol. The minimum Gasteiger partial charge on any atom is -0.478 e. The van der Waals surface area contributed by atoms with E-state index in [4.69, 9.17) is 5.11 Å². The molecule has 3 aromatic rings. The van der Waals surface area contributed by atoms with Crippen molar-refractivity contribution in [2.24, 2.45) is 0 Å². The second kappa shape index (κ2) is 6.76. The van der Waals surface area contributed by atoms with Crippen LogP contribution in [0.4, 0.5) is 4.39 Å². The highest BCUT2D eigenvalue weighted by atomic mass is 32.1. The minimum atomic E-state index is -0.970. The summed E-state index contributed by atoms with van der Waals surface area (Å²) in [7, 11) is 0. The second-order valence-corrected chi connectivity index (χ2v) is 6.36. The number of carboxylic acids is 1. The molecule has 0 saturated heterocycles. The van der Waals surface area contributed by atoms with Crippen LogP contribution in [0.2, 0.25) is 0 Å². The minimum absolute atomic E-state index is 0.0278. The Balaban J connectivity index is 1.75. The van der Waals surface area contributed by atoms with Crippen LogP contribution in [0, 0.1) is 5.82 Å². The van der Waals surface area contributed by atoms with Crippen molar-refractivity contribution in [1.29, 1.82) is 0 Å². The molecule has 0 aliphatic heterocycles. The van der Waals surface area contributed by atoms with Crippen LogP contribution in [0.3, 0.4) is 0 Å². The number of halogens is 1. The topological polar surface area (TPSA) is 54.4 Å². The molecular weight excluding hydrogens is 327 g/mol. The van der Waals surface area contributed by atoms with Gasteiger partial charge < -0.3 is 5.11 Å². The van der Waals surface area contributed by atoms with Gasteiger partial charge in [0, 0.05) is 11.3 Å². The molecule has 0 bridgehead atoms. The van der Waals surface area contributed by atoms with Crippen LogP contribution in [0.1, 0.15) is 25.6 Å². The summed E-state index contributed by atoms with van der Waals surface area (Å²) in [5, 5.41) is 8.91. The highest BCUT2D eigenvalue weighted by Crippen LogP contribution is 2.29. The van der Waals surface area contributed by atoms with E-state index in [-0.39, 0.29) is 23.6 Å². The number of rotatable bonds is 5. The Hall–Kier alpha value is -2.79. The lowest BCUT2D eigenvalue weighted by molar-refractivity contribution is 0.0696. The summed E-state index contributed by atoms with van der Waals surface area (Å²) in [6.07, 6.45) is 0.220. The van der Waals surface area contributed by atoms with Crippen molar-refractivity contribution in [1.82, 2.24) is 0 Å². The maximum absolute atomic E-state index is 12.9. The fraction of sp³-hybridized carbons (Fsp3) is 0.0526. The Morgan fingerprint density at radius 2 is 1.58 bits per heavy atom. The SMILES string of the molecule is O=C(O)c1ccc(-c2ccc(C(=O)Cc3ccc(F)cc3)s2)cc1. The van der Waals surface area contributed by atoms with Crippen LogP contribution in [0.15, 0.2) is 60.7 Å². The lowest BCUT2D eigenvalue weighted by Crippen LogP contribution is -2.00. The zero-order chi connectivity index (χ0) is 17.1. The van der Waals surface area contributed by atoms with Gasteiger partial charge in [0.1, 0.15) is 5.82 Å². The van der Waals surface area contributed by atoms with Gasteiger partial charge in [-0.05, 0) is 47.5 Å². The van der Waals surface area contributed by atoms with Crippen LogP contribution in [-0.2, 0) is 6.42 Å². The Bertz CT molecular complexity index is 880. The Labute approximate surface area is 142 Å². The molecule has 0 atom stereocenters. The van der Waals surface area contributed by atoms with Crippen LogP contribution >= 0.6 is 11.3 Å². The average molecular weight is 340 g/mol. The number of carbonyl (C=O) groups excluding carboxylic acids is 1. The number of Topliss-reactive ketones (excluding diaryl/α,β-unsaturated/α-hetero) is 1. The number of benzene rings is 2. The standard InChI is InChI=1S/C19H13FO3S/c20-15-7-1-12(2-8-15)11-16(21)18-10-9-17(24-18)13-3-5-14(6-4-13)19(22)23/h1-10H,11H2,(H,22,23). The van der Waals surface area contributed by atoms with Crippen LogP contribution < -0.4 is 0 Å². The summed E-state index contributed by atoms with van der Waals surface area (Å²) in [6.45, 7) is 0. The van der Waals surface area contributed by atoms with Gasteiger partial charge in [-0.2, -0.15) is 0 Å². The van der Waals surface area contributed by atoms with Gasteiger partial charge >= 0.3 is 5.97 Å². The zero-order valence-corrected chi connectivity index (χ0v) is 13.3. The largest absolute Gasteiger partial charge is 0.478 e. The fourth-order valence-electron chi connectivity index (χ4n) is 2.29. The van der Waals surface area contributed by atoms with Crippen molar-refractivity contribution >= 4 is 23.1 Å². The average Bonchev–Trinajstić information content (AvgIpc) is 3.07. The number of ketones is 1. The quantitative estimate of drug-likeness (QED) is 0.686. The van der Waals surface area contributed by atoms with Crippen molar-refractivity contribution in [3.63, 3.8) is 0 Å². The fourth-order valence-corrected chi connectivity index (χ4v) is 3.24. The molecule has 0 aliphatic carbocycles. The Morgan fingerprint density at radius 1 is 0.917 bits per heavy atom. The monoisotopic (exact) mass is 340 g/mol. The van der Waals surface area contributed by atoms with Crippen molar-refractivity contribution in [2.45, 2.75) is 6.42 Å². The van der Waals surface area contributed by atoms with E-state index in [1.807, 2.05) is 6.07 Å². The molecule has 1 aromatic heterocycles. The molecule has 24 heavy (non-hydrogen) atoms. The second-order valence-electron chi connectivity index (χ2n) is 5.27. The summed E-state index contributed by atoms with van der Waals surface area (Å²) in [6, 6.07) is 16.0. The summed E-state index contributed by atoms with van der Waals surface area (Å²) in [5.41, 5.74) is 1.86. The van der Waals surface area contributed by atoms with Crippen molar-refractivity contribution in [3.8, 4) is 10.4 Å². The Morgan fingerprint density at radius 3 is 2.21 bits per heavy atom. The molecule has 3 nitrogen and oxygen atoms in total. The van der Waals surface area contributed by atoms with Gasteiger partial charge in [0.25, 0.3) is 0 Å². The third-order valence-electron chi connectivity index (χ3n) is 3.58. The highest BCUT2D eigenvalue weighted by Gasteiger charge is 2.12. The van der Waals surface area contributed by atoms with Gasteiger partial charge in [-0.3, -0.25) is 4.79 Å². The molecule has 0 unspecified atom stereocenters. The third kappa shape index (κ3) is 3.58. The van der Waals surface area contributed by atoms with E-state index < -0.39 is 5.97 Å². The van der Waals surface area contributed by atoms with E-state index in [1.54, 1.807) is 30.3 Å². The third-order valence-corrected chi connectivity index (χ3v) is 4.75. The number of carboxylic acid groups (broad SMARTS) is 1. The first-order valence-electron chi connectivity index (χ1n) is 7.24. The zero-order valence-electron chi connectivity index (χ0n) is 12.5. The normalized spacial score (nSPS) is 10.5. The number of thiophene rings is 1. The van der Waals surface area contributed by atoms with E-state index >= 15 is 0 Å². The van der Waals surface area contributed by atoms with Crippen molar-refractivity contribution in [3.05, 3.63) is 82.5 Å². The molecule has 1 heterocycles. The summed E-state index contributed by atoms with van der Waals surface area (Å²) >= 11 is 1.36. The van der Waals surface area contributed by atoms with Gasteiger partial charge in [-0.15, -0.1) is 11.3 Å². The van der Waals surface area contributed by atoms with Gasteiger partial charge in [0.2, 0.25) is 0 Å². The van der Waals surface area contributed by atoms with E-state index in [2.05, 4.69) is 0 Å². The maximum atomic E-state index is 12.9. The van der Waals surface area contributed by atoms with Gasteiger partial charge in [0.15, 0.2) is 5.78 Å². The first-order valence-corrected chi connectivity index (χ1v) is 8.06. The van der Waals surface area contributed by atoms with E-state index in [9.17, 15) is 14.0 Å². The molecular formula is C19H13FO3S. The summed E-state index contributed by atoms with van der Waals surface area (Å²) < 4.78 is 12.9. The molecule has 0 radical (unpaired) electrons. The van der Waals surface area contributed by atoms with E-state index in [1.165, 1.54) is 35.6 Å². The van der Waals surface area contributed by atoms with Crippen LogP contribution in [0.25, 0.3) is 10.4 Å². The first-order chi connectivity index (χ1) is 11.5. The molecule has 3 rings (SSSR count). The lowest BCUT2D eigenvalue weighted by Gasteiger charge is -2.00. The molecule has 120 valence electrons. The molecule has 0 aliphatic rings. The maximum Gasteiger partial charge on any atom is 0.335 e. The van der Waals surface area contributed by atoms with E-state index in [0.717, 1.165) is 16.0 Å². The summed E-state index contributed by atoms with van der Waals surface area (Å²) in [4.78, 5) is 24.7. The smallest absolute Gasteiger partial charge is 0.335 e. The molecule has 2 aromatic carbocycles. The highest BCUT2D eigenvalue weighted by molar-refractivity contribution is 7.17. The number of hydrogen-bond donors (Lipinski definition) is 1. The molecule has 0 saturated carbocycles. The Kier molecular flexibility index (Phi) is 4.53. The molecule has 0 fully saturated rings. The molecule has 0 spiro atoms. The van der Waals surface area contributed by atoms with Crippen molar-refractivity contribution < 1.29 is 19.1 Å². The predicted octanol–water partition coefficient (Wildman–Crippen LogP) is 4.68. The number of aromatic carboxylic acids is 1. The van der Waals surface area contributed by atoms with Gasteiger partial charge in [0.05, 0.1) is 10.4 Å². The lowest BCUT2D eigenvalue weighted by atomic mass is 10.1. The molecule has 0 amide bonds. The molecule has 5 heteroatoms. The number of hydrogen-bond acceptors (Lipinski definition) is 3. The van der Waals surface area contributed by atoms with Crippen LogP contribution in [0.5, 0.6) is 0 Å². The van der Waals surface area contributed by atoms with Crippen LogP contribution in [-0.4, -0.2) is 16.9 Å². The van der Waals surface area contributed by atoms with E-state index in [0.29, 0.717) is 4.88 Å². The summed E-state index contributed by atoms with van der Waals surface area (Å²) in [5.74, 6) is -1.32. The first kappa shape index (κ1) is 16.1.